The van der Waals surface area contributed by atoms with Crippen molar-refractivity contribution in [1.29, 1.82) is 0 Å². The van der Waals surface area contributed by atoms with Gasteiger partial charge < -0.3 is 15.4 Å². The standard InChI is InChI=1S/C30H33F3N4O4S/c1-16-13-17(14-23(27(16)42(5)40)37-29(39)41-30(2,3)4)18-11-12-34-15-24(18)36-28(38)22-10-9-21(33)26(35-22)25-19(31)7-6-8-20(25)32/h6-12,15-17,23,27H,13-14H2,1-5H3,(H,36,38)(H,37,39)/t16-,17+,23+,27-,42?/m0/s1. The van der Waals surface area contributed by atoms with E-state index in [9.17, 15) is 27.0 Å². The van der Waals surface area contributed by atoms with Gasteiger partial charge in [-0.25, -0.2) is 22.9 Å². The maximum absolute atomic E-state index is 14.6. The lowest BCUT2D eigenvalue weighted by Gasteiger charge is -2.40. The molecule has 224 valence electrons. The van der Waals surface area contributed by atoms with E-state index in [0.717, 1.165) is 35.9 Å². The molecule has 2 heterocycles. The van der Waals surface area contributed by atoms with E-state index in [1.807, 2.05) is 6.92 Å². The quantitative estimate of drug-likeness (QED) is 0.360. The van der Waals surface area contributed by atoms with Gasteiger partial charge in [-0.15, -0.1) is 0 Å². The van der Waals surface area contributed by atoms with Crippen LogP contribution in [0.5, 0.6) is 0 Å². The summed E-state index contributed by atoms with van der Waals surface area (Å²) in [7, 11) is -1.23. The zero-order chi connectivity index (χ0) is 30.8. The molecule has 4 rings (SSSR count). The Morgan fingerprint density at radius 3 is 2.36 bits per heavy atom. The zero-order valence-corrected chi connectivity index (χ0v) is 24.7. The van der Waals surface area contributed by atoms with Crippen molar-refractivity contribution < 1.29 is 31.7 Å². The van der Waals surface area contributed by atoms with E-state index in [1.54, 1.807) is 39.3 Å². The van der Waals surface area contributed by atoms with Crippen LogP contribution >= 0.6 is 0 Å². The van der Waals surface area contributed by atoms with Crippen molar-refractivity contribution in [1.82, 2.24) is 15.3 Å². The fourth-order valence-corrected chi connectivity index (χ4v) is 6.86. The number of halogens is 3. The Bertz CT molecular complexity index is 1490. The minimum atomic E-state index is -1.23. The van der Waals surface area contributed by atoms with Gasteiger partial charge in [-0.3, -0.25) is 14.0 Å². The molecular formula is C30H33F3N4O4S. The van der Waals surface area contributed by atoms with Gasteiger partial charge in [-0.1, -0.05) is 13.0 Å². The number of anilines is 1. The summed E-state index contributed by atoms with van der Waals surface area (Å²) in [6, 6.07) is 6.42. The lowest BCUT2D eigenvalue weighted by atomic mass is 9.75. The van der Waals surface area contributed by atoms with Crippen LogP contribution in [0.1, 0.15) is 62.5 Å². The normalized spacial score (nSPS) is 21.3. The smallest absolute Gasteiger partial charge is 0.407 e. The average Bonchev–Trinajstić information content (AvgIpc) is 2.88. The Morgan fingerprint density at radius 1 is 1.02 bits per heavy atom. The van der Waals surface area contributed by atoms with Gasteiger partial charge in [0.05, 0.1) is 22.7 Å². The molecule has 8 nitrogen and oxygen atoms in total. The van der Waals surface area contributed by atoms with Crippen molar-refractivity contribution in [3.8, 4) is 11.3 Å². The Kier molecular flexibility index (Phi) is 9.34. The molecule has 5 atom stereocenters. The molecule has 1 aliphatic carbocycles. The third-order valence-corrected chi connectivity index (χ3v) is 8.62. The number of alkyl carbamates (subject to hydrolysis) is 1. The Morgan fingerprint density at radius 2 is 1.71 bits per heavy atom. The number of pyridine rings is 2. The van der Waals surface area contributed by atoms with E-state index in [4.69, 9.17) is 4.74 Å². The van der Waals surface area contributed by atoms with E-state index < -0.39 is 63.2 Å². The molecule has 2 N–H and O–H groups in total. The van der Waals surface area contributed by atoms with Gasteiger partial charge in [0.1, 0.15) is 34.4 Å². The van der Waals surface area contributed by atoms with Crippen LogP contribution in [-0.4, -0.2) is 49.3 Å². The second kappa shape index (κ2) is 12.6. The summed E-state index contributed by atoms with van der Waals surface area (Å²) in [4.78, 5) is 33.9. The third-order valence-electron chi connectivity index (χ3n) is 7.06. The summed E-state index contributed by atoms with van der Waals surface area (Å²) in [5, 5.41) is 5.33. The van der Waals surface area contributed by atoms with Crippen molar-refractivity contribution in [2.75, 3.05) is 11.6 Å². The molecular weight excluding hydrogens is 569 g/mol. The highest BCUT2D eigenvalue weighted by atomic mass is 32.2. The van der Waals surface area contributed by atoms with Crippen LogP contribution in [0.25, 0.3) is 11.3 Å². The van der Waals surface area contributed by atoms with Crippen molar-refractivity contribution in [3.05, 3.63) is 77.5 Å². The average molecular weight is 603 g/mol. The van der Waals surface area contributed by atoms with Gasteiger partial charge in [0, 0.05) is 29.3 Å². The minimum absolute atomic E-state index is 0.0526. The molecule has 1 unspecified atom stereocenters. The molecule has 0 spiro atoms. The Hall–Kier alpha value is -3.80. The van der Waals surface area contributed by atoms with Crippen molar-refractivity contribution in [2.24, 2.45) is 5.92 Å². The topological polar surface area (TPSA) is 110 Å². The first-order valence-corrected chi connectivity index (χ1v) is 15.0. The van der Waals surface area contributed by atoms with Crippen LogP contribution in [0.3, 0.4) is 0 Å². The third kappa shape index (κ3) is 7.15. The molecule has 0 saturated heterocycles. The van der Waals surface area contributed by atoms with Gasteiger partial charge >= 0.3 is 6.09 Å². The summed E-state index contributed by atoms with van der Waals surface area (Å²) in [5.74, 6) is -3.96. The monoisotopic (exact) mass is 602 g/mol. The summed E-state index contributed by atoms with van der Waals surface area (Å²) < 4.78 is 61.4. The summed E-state index contributed by atoms with van der Waals surface area (Å²) >= 11 is 0. The van der Waals surface area contributed by atoms with Crippen LogP contribution in [0.15, 0.2) is 48.8 Å². The number of benzene rings is 1. The second-order valence-corrected chi connectivity index (χ2v) is 12.9. The molecule has 2 amide bonds. The predicted molar refractivity (Wildman–Crippen MR) is 154 cm³/mol. The molecule has 0 radical (unpaired) electrons. The molecule has 0 bridgehead atoms. The maximum Gasteiger partial charge on any atom is 0.407 e. The van der Waals surface area contributed by atoms with E-state index in [1.165, 1.54) is 6.20 Å². The Labute approximate surface area is 244 Å². The van der Waals surface area contributed by atoms with E-state index in [0.29, 0.717) is 18.5 Å². The van der Waals surface area contributed by atoms with Gasteiger partial charge in [0.25, 0.3) is 5.91 Å². The molecule has 1 saturated carbocycles. The van der Waals surface area contributed by atoms with Gasteiger partial charge in [0.2, 0.25) is 0 Å². The largest absolute Gasteiger partial charge is 0.444 e. The molecule has 2 aromatic heterocycles. The fourth-order valence-electron chi connectivity index (χ4n) is 5.45. The number of carbonyl (C=O) groups excluding carboxylic acids is 2. The number of rotatable bonds is 6. The van der Waals surface area contributed by atoms with Crippen molar-refractivity contribution in [2.45, 2.75) is 63.3 Å². The first-order chi connectivity index (χ1) is 19.7. The lowest BCUT2D eigenvalue weighted by Crippen LogP contribution is -2.52. The summed E-state index contributed by atoms with van der Waals surface area (Å²) in [6.07, 6.45) is 5.08. The number of aromatic nitrogens is 2. The molecule has 1 fully saturated rings. The number of amides is 2. The molecule has 12 heteroatoms. The predicted octanol–water partition coefficient (Wildman–Crippen LogP) is 5.97. The molecule has 1 aromatic carbocycles. The van der Waals surface area contributed by atoms with Gasteiger partial charge in [0.15, 0.2) is 0 Å². The van der Waals surface area contributed by atoms with E-state index in [2.05, 4.69) is 20.6 Å². The van der Waals surface area contributed by atoms with Crippen LogP contribution in [-0.2, 0) is 15.5 Å². The summed E-state index contributed by atoms with van der Waals surface area (Å²) in [6.45, 7) is 7.23. The van der Waals surface area contributed by atoms with Gasteiger partial charge in [-0.05, 0) is 81.3 Å². The minimum Gasteiger partial charge on any atom is -0.444 e. The van der Waals surface area contributed by atoms with E-state index in [-0.39, 0.29) is 22.8 Å². The number of nitrogens with one attached hydrogen (secondary N) is 2. The second-order valence-electron chi connectivity index (χ2n) is 11.4. The number of ether oxygens (including phenoxy) is 1. The molecule has 0 aliphatic heterocycles. The highest BCUT2D eigenvalue weighted by molar-refractivity contribution is 7.85. The van der Waals surface area contributed by atoms with Crippen LogP contribution in [0.4, 0.5) is 23.7 Å². The lowest BCUT2D eigenvalue weighted by molar-refractivity contribution is 0.0485. The SMILES string of the molecule is C[C@H]1C[C@@H](c2ccncc2NC(=O)c2ccc(F)c(-c3c(F)cccc3F)n2)C[C@@H](NC(=O)OC(C)(C)C)[C@H]1S(C)=O. The highest BCUT2D eigenvalue weighted by Crippen LogP contribution is 2.41. The van der Waals surface area contributed by atoms with E-state index >= 15 is 0 Å². The maximum atomic E-state index is 14.6. The van der Waals surface area contributed by atoms with Crippen LogP contribution < -0.4 is 10.6 Å². The molecule has 42 heavy (non-hydrogen) atoms. The van der Waals surface area contributed by atoms with Crippen LogP contribution in [0.2, 0.25) is 0 Å². The highest BCUT2D eigenvalue weighted by Gasteiger charge is 2.40. The number of hydrogen-bond acceptors (Lipinski definition) is 6. The fraction of sp³-hybridized carbons (Fsp3) is 0.400. The molecule has 1 aliphatic rings. The number of nitrogens with zero attached hydrogens (tertiary/aromatic N) is 2. The Balaban J connectivity index is 1.60. The number of carbonyl (C=O) groups is 2. The zero-order valence-electron chi connectivity index (χ0n) is 23.9. The first-order valence-electron chi connectivity index (χ1n) is 13.4. The van der Waals surface area contributed by atoms with Crippen molar-refractivity contribution >= 4 is 28.5 Å². The molecule has 3 aromatic rings. The summed E-state index contributed by atoms with van der Waals surface area (Å²) in [5.41, 5.74) is -1.18. The van der Waals surface area contributed by atoms with Crippen LogP contribution in [0, 0.1) is 23.4 Å². The number of hydrogen-bond donors (Lipinski definition) is 2. The first kappa shape index (κ1) is 31.1. The van der Waals surface area contributed by atoms with Crippen molar-refractivity contribution in [3.63, 3.8) is 0 Å². The van der Waals surface area contributed by atoms with Gasteiger partial charge in [-0.2, -0.15) is 0 Å².